The van der Waals surface area contributed by atoms with Crippen LogP contribution in [0.3, 0.4) is 0 Å². The quantitative estimate of drug-likeness (QED) is 0.364. The number of hydrogen-bond acceptors (Lipinski definition) is 4. The summed E-state index contributed by atoms with van der Waals surface area (Å²) in [5.74, 6) is -0.547. The molecule has 1 atom stereocenters. The first-order valence-corrected chi connectivity index (χ1v) is 14.6. The summed E-state index contributed by atoms with van der Waals surface area (Å²) in [6, 6.07) is 9.34. The third-order valence-corrected chi connectivity index (χ3v) is 7.80. The average molecular weight is 577 g/mol. The minimum absolute atomic E-state index is 0.0400. The summed E-state index contributed by atoms with van der Waals surface area (Å²) in [6.45, 7) is 6.14. The highest BCUT2D eigenvalue weighted by Crippen LogP contribution is 2.27. The van der Waals surface area contributed by atoms with Crippen molar-refractivity contribution in [1.82, 2.24) is 10.2 Å². The number of nitrogens with one attached hydrogen (secondary N) is 1. The zero-order valence-electron chi connectivity index (χ0n) is 20.9. The number of hydrogen-bond donors (Lipinski definition) is 1. The Morgan fingerprint density at radius 1 is 1.06 bits per heavy atom. The molecule has 2 amide bonds. The summed E-state index contributed by atoms with van der Waals surface area (Å²) in [7, 11) is -3.61. The molecule has 7 nitrogen and oxygen atoms in total. The second kappa shape index (κ2) is 13.5. The lowest BCUT2D eigenvalue weighted by Gasteiger charge is -2.29. The number of sulfonamides is 1. The van der Waals surface area contributed by atoms with Gasteiger partial charge in [0.15, 0.2) is 0 Å². The minimum Gasteiger partial charge on any atom is -0.354 e. The molecular weight excluding hydrogens is 545 g/mol. The molecule has 0 aliphatic heterocycles. The van der Waals surface area contributed by atoms with Crippen LogP contribution in [0.2, 0.25) is 15.1 Å². The molecule has 198 valence electrons. The number of carbonyl (C=O) groups is 2. The maximum Gasteiger partial charge on any atom is 0.242 e. The fraction of sp³-hybridized carbons (Fsp3) is 0.440. The van der Waals surface area contributed by atoms with E-state index in [9.17, 15) is 18.0 Å². The van der Waals surface area contributed by atoms with Gasteiger partial charge in [-0.25, -0.2) is 8.42 Å². The molecule has 0 aromatic heterocycles. The van der Waals surface area contributed by atoms with Crippen molar-refractivity contribution >= 4 is 62.3 Å². The predicted molar refractivity (Wildman–Crippen MR) is 147 cm³/mol. The molecule has 2 aromatic rings. The fourth-order valence-corrected chi connectivity index (χ4v) is 5.15. The summed E-state index contributed by atoms with van der Waals surface area (Å²) in [4.78, 5) is 27.5. The molecule has 0 bridgehead atoms. The molecule has 0 saturated heterocycles. The first-order valence-electron chi connectivity index (χ1n) is 11.6. The van der Waals surface area contributed by atoms with Crippen LogP contribution in [0.5, 0.6) is 0 Å². The van der Waals surface area contributed by atoms with Gasteiger partial charge in [0.25, 0.3) is 0 Å². The highest BCUT2D eigenvalue weighted by molar-refractivity contribution is 7.92. The lowest BCUT2D eigenvalue weighted by Crippen LogP contribution is -2.47. The highest BCUT2D eigenvalue weighted by atomic mass is 35.5. The Hall–Kier alpha value is -2.00. The van der Waals surface area contributed by atoms with Crippen LogP contribution in [0.1, 0.15) is 44.2 Å². The SMILES string of the molecule is CCCNC(=O)[C@H](C)N(Cc1ccc(Cl)c(Cl)c1)C(=O)CCCN(c1cc(Cl)ccc1C)S(C)(=O)=O. The Balaban J connectivity index is 2.21. The van der Waals surface area contributed by atoms with E-state index in [1.54, 1.807) is 50.2 Å². The Kier molecular flexibility index (Phi) is 11.3. The smallest absolute Gasteiger partial charge is 0.242 e. The van der Waals surface area contributed by atoms with Gasteiger partial charge in [0, 0.05) is 31.1 Å². The van der Waals surface area contributed by atoms with Crippen molar-refractivity contribution in [1.29, 1.82) is 0 Å². The first kappa shape index (κ1) is 30.2. The van der Waals surface area contributed by atoms with Gasteiger partial charge in [-0.05, 0) is 62.1 Å². The maximum absolute atomic E-state index is 13.3. The van der Waals surface area contributed by atoms with E-state index in [-0.39, 0.29) is 37.7 Å². The van der Waals surface area contributed by atoms with Crippen LogP contribution in [0.25, 0.3) is 0 Å². The van der Waals surface area contributed by atoms with Crippen LogP contribution in [0, 0.1) is 6.92 Å². The van der Waals surface area contributed by atoms with Crippen molar-refractivity contribution in [2.45, 2.75) is 52.6 Å². The molecule has 0 aliphatic rings. The molecule has 0 aliphatic carbocycles. The molecule has 0 radical (unpaired) electrons. The standard InChI is InChI=1S/C25H32Cl3N3O4S/c1-5-12-29-25(33)18(3)30(16-19-9-11-21(27)22(28)14-19)24(32)7-6-13-31(36(4,34)35)23-15-20(26)10-8-17(23)2/h8-11,14-15,18H,5-7,12-13,16H2,1-4H3,(H,29,33)/t18-/m0/s1. The minimum atomic E-state index is -3.61. The van der Waals surface area contributed by atoms with Gasteiger partial charge in [0.1, 0.15) is 6.04 Å². The molecule has 0 heterocycles. The largest absolute Gasteiger partial charge is 0.354 e. The highest BCUT2D eigenvalue weighted by Gasteiger charge is 2.27. The van der Waals surface area contributed by atoms with Crippen molar-refractivity contribution in [2.24, 2.45) is 0 Å². The van der Waals surface area contributed by atoms with Crippen LogP contribution >= 0.6 is 34.8 Å². The van der Waals surface area contributed by atoms with E-state index >= 15 is 0 Å². The number of carbonyl (C=O) groups excluding carboxylic acids is 2. The Bertz CT molecular complexity index is 1190. The summed E-state index contributed by atoms with van der Waals surface area (Å²) < 4.78 is 26.3. The van der Waals surface area contributed by atoms with Crippen molar-refractivity contribution in [2.75, 3.05) is 23.7 Å². The van der Waals surface area contributed by atoms with Crippen molar-refractivity contribution < 1.29 is 18.0 Å². The molecule has 0 saturated carbocycles. The summed E-state index contributed by atoms with van der Waals surface area (Å²) in [5.41, 5.74) is 1.94. The number of benzene rings is 2. The van der Waals surface area contributed by atoms with E-state index in [1.807, 2.05) is 6.92 Å². The van der Waals surface area contributed by atoms with Gasteiger partial charge in [-0.1, -0.05) is 53.9 Å². The van der Waals surface area contributed by atoms with Crippen LogP contribution < -0.4 is 9.62 Å². The average Bonchev–Trinajstić information content (AvgIpc) is 2.81. The number of halogens is 3. The molecule has 0 spiro atoms. The van der Waals surface area contributed by atoms with Gasteiger partial charge in [-0.3, -0.25) is 13.9 Å². The normalized spacial score (nSPS) is 12.2. The first-order chi connectivity index (χ1) is 16.8. The zero-order valence-corrected chi connectivity index (χ0v) is 23.9. The summed E-state index contributed by atoms with van der Waals surface area (Å²) >= 11 is 18.3. The molecule has 0 unspecified atom stereocenters. The number of aryl methyl sites for hydroxylation is 1. The van der Waals surface area contributed by atoms with E-state index in [1.165, 1.54) is 9.21 Å². The second-order valence-corrected chi connectivity index (χ2v) is 11.8. The number of rotatable bonds is 12. The lowest BCUT2D eigenvalue weighted by molar-refractivity contribution is -0.140. The van der Waals surface area contributed by atoms with Crippen LogP contribution in [0.15, 0.2) is 36.4 Å². The van der Waals surface area contributed by atoms with E-state index in [4.69, 9.17) is 34.8 Å². The van der Waals surface area contributed by atoms with Gasteiger partial charge in [-0.15, -0.1) is 0 Å². The maximum atomic E-state index is 13.3. The number of anilines is 1. The molecule has 2 rings (SSSR count). The summed E-state index contributed by atoms with van der Waals surface area (Å²) in [5, 5.41) is 3.98. The van der Waals surface area contributed by atoms with E-state index in [2.05, 4.69) is 5.32 Å². The number of amides is 2. The van der Waals surface area contributed by atoms with Gasteiger partial charge >= 0.3 is 0 Å². The van der Waals surface area contributed by atoms with E-state index in [0.717, 1.165) is 23.8 Å². The zero-order chi connectivity index (χ0) is 27.0. The molecule has 1 N–H and O–H groups in total. The predicted octanol–water partition coefficient (Wildman–Crippen LogP) is 5.44. The molecule has 2 aromatic carbocycles. The van der Waals surface area contributed by atoms with Gasteiger partial charge < -0.3 is 10.2 Å². The van der Waals surface area contributed by atoms with E-state index < -0.39 is 16.1 Å². The third kappa shape index (κ3) is 8.54. The Morgan fingerprint density at radius 2 is 1.75 bits per heavy atom. The van der Waals surface area contributed by atoms with Crippen LogP contribution in [-0.2, 0) is 26.2 Å². The molecule has 11 heteroatoms. The topological polar surface area (TPSA) is 86.8 Å². The number of nitrogens with zero attached hydrogens (tertiary/aromatic N) is 2. The van der Waals surface area contributed by atoms with Gasteiger partial charge in [-0.2, -0.15) is 0 Å². The van der Waals surface area contributed by atoms with Crippen LogP contribution in [-0.4, -0.2) is 50.5 Å². The molecule has 0 fully saturated rings. The Morgan fingerprint density at radius 3 is 2.36 bits per heavy atom. The lowest BCUT2D eigenvalue weighted by atomic mass is 10.1. The fourth-order valence-electron chi connectivity index (χ4n) is 3.65. The third-order valence-electron chi connectivity index (χ3n) is 5.65. The Labute approximate surface area is 228 Å². The molecular formula is C25H32Cl3N3O4S. The van der Waals surface area contributed by atoms with Crippen LogP contribution in [0.4, 0.5) is 5.69 Å². The molecule has 36 heavy (non-hydrogen) atoms. The van der Waals surface area contributed by atoms with E-state index in [0.29, 0.717) is 27.3 Å². The van der Waals surface area contributed by atoms with Gasteiger partial charge in [0.05, 0.1) is 22.0 Å². The summed E-state index contributed by atoms with van der Waals surface area (Å²) in [6.07, 6.45) is 2.17. The monoisotopic (exact) mass is 575 g/mol. The second-order valence-electron chi connectivity index (χ2n) is 8.61. The van der Waals surface area contributed by atoms with Crippen molar-refractivity contribution in [3.63, 3.8) is 0 Å². The van der Waals surface area contributed by atoms with Crippen molar-refractivity contribution in [3.8, 4) is 0 Å². The van der Waals surface area contributed by atoms with Gasteiger partial charge in [0.2, 0.25) is 21.8 Å². The van der Waals surface area contributed by atoms with Crippen molar-refractivity contribution in [3.05, 3.63) is 62.6 Å².